The molecule has 0 aliphatic heterocycles. The third kappa shape index (κ3) is 5.43. The second kappa shape index (κ2) is 7.93. The molecule has 0 fully saturated rings. The zero-order valence-corrected chi connectivity index (χ0v) is 12.6. The molecule has 0 atom stereocenters. The number of carbonyl (C=O) groups is 2. The van der Waals surface area contributed by atoms with Gasteiger partial charge in [0.15, 0.2) is 0 Å². The van der Waals surface area contributed by atoms with Crippen molar-refractivity contribution in [3.63, 3.8) is 0 Å². The lowest BCUT2D eigenvalue weighted by atomic mass is 10.2. The van der Waals surface area contributed by atoms with Crippen LogP contribution in [0.1, 0.15) is 11.1 Å². The molecule has 0 aliphatic rings. The van der Waals surface area contributed by atoms with Crippen molar-refractivity contribution in [1.29, 1.82) is 0 Å². The monoisotopic (exact) mass is 316 g/mol. The van der Waals surface area contributed by atoms with Crippen LogP contribution in [0.15, 0.2) is 48.5 Å². The first-order chi connectivity index (χ1) is 11.0. The van der Waals surface area contributed by atoms with Crippen LogP contribution in [0.2, 0.25) is 0 Å². The van der Waals surface area contributed by atoms with Crippen molar-refractivity contribution in [1.82, 2.24) is 5.32 Å². The van der Waals surface area contributed by atoms with E-state index in [1.165, 1.54) is 12.1 Å². The van der Waals surface area contributed by atoms with Gasteiger partial charge in [-0.3, -0.25) is 4.79 Å². The number of anilines is 1. The number of carbonyl (C=O) groups excluding carboxylic acids is 2. The van der Waals surface area contributed by atoms with Crippen molar-refractivity contribution < 1.29 is 18.7 Å². The molecule has 6 heteroatoms. The Labute approximate surface area is 133 Å². The molecule has 2 N–H and O–H groups in total. The highest BCUT2D eigenvalue weighted by molar-refractivity contribution is 5.93. The Bertz CT molecular complexity index is 689. The van der Waals surface area contributed by atoms with Gasteiger partial charge in [0.05, 0.1) is 5.69 Å². The Balaban J connectivity index is 1.74. The molecule has 0 aliphatic carbocycles. The van der Waals surface area contributed by atoms with Gasteiger partial charge in [-0.1, -0.05) is 36.4 Å². The van der Waals surface area contributed by atoms with Gasteiger partial charge < -0.3 is 15.4 Å². The molecule has 0 saturated heterocycles. The van der Waals surface area contributed by atoms with Gasteiger partial charge in [-0.15, -0.1) is 0 Å². The van der Waals surface area contributed by atoms with Gasteiger partial charge in [0, 0.05) is 0 Å². The lowest BCUT2D eigenvalue weighted by Crippen LogP contribution is -2.33. The molecule has 0 bridgehead atoms. The number of ether oxygens (including phenoxy) is 1. The normalized spacial score (nSPS) is 10.0. The molecule has 23 heavy (non-hydrogen) atoms. The summed E-state index contributed by atoms with van der Waals surface area (Å²) in [5.74, 6) is -1.06. The van der Waals surface area contributed by atoms with Crippen LogP contribution >= 0.6 is 0 Å². The van der Waals surface area contributed by atoms with Crippen molar-refractivity contribution in [2.75, 3.05) is 11.9 Å². The molecule has 5 nitrogen and oxygen atoms in total. The largest absolute Gasteiger partial charge is 0.445 e. The van der Waals surface area contributed by atoms with Crippen LogP contribution in [0.3, 0.4) is 0 Å². The number of hydrogen-bond acceptors (Lipinski definition) is 3. The van der Waals surface area contributed by atoms with Crippen molar-refractivity contribution in [3.8, 4) is 0 Å². The zero-order valence-electron chi connectivity index (χ0n) is 12.6. The van der Waals surface area contributed by atoms with Gasteiger partial charge in [-0.25, -0.2) is 9.18 Å². The van der Waals surface area contributed by atoms with Gasteiger partial charge >= 0.3 is 6.09 Å². The van der Waals surface area contributed by atoms with Crippen molar-refractivity contribution in [2.45, 2.75) is 13.5 Å². The number of rotatable bonds is 5. The molecule has 120 valence electrons. The van der Waals surface area contributed by atoms with Gasteiger partial charge in [0.25, 0.3) is 0 Å². The number of alkyl carbamates (subject to hydrolysis) is 1. The van der Waals surface area contributed by atoms with Crippen LogP contribution in [0.25, 0.3) is 0 Å². The summed E-state index contributed by atoms with van der Waals surface area (Å²) in [6.45, 7) is 1.56. The fraction of sp³-hybridized carbons (Fsp3) is 0.176. The summed E-state index contributed by atoms with van der Waals surface area (Å²) in [4.78, 5) is 23.2. The first kappa shape index (κ1) is 16.5. The minimum Gasteiger partial charge on any atom is -0.445 e. The van der Waals surface area contributed by atoms with E-state index in [1.807, 2.05) is 30.3 Å². The molecule has 0 saturated carbocycles. The zero-order chi connectivity index (χ0) is 16.7. The lowest BCUT2D eigenvalue weighted by Gasteiger charge is -2.09. The second-order valence-electron chi connectivity index (χ2n) is 4.95. The molecule has 0 radical (unpaired) electrons. The molecule has 2 aromatic carbocycles. The standard InChI is InChI=1S/C17H17FN2O3/c1-12-7-8-15(14(18)9-12)20-16(21)10-19-17(22)23-11-13-5-3-2-4-6-13/h2-9H,10-11H2,1H3,(H,19,22)(H,20,21). The number of amides is 2. The summed E-state index contributed by atoms with van der Waals surface area (Å²) < 4.78 is 18.6. The molecule has 2 rings (SSSR count). The van der Waals surface area contributed by atoms with E-state index in [-0.39, 0.29) is 18.8 Å². The van der Waals surface area contributed by atoms with E-state index in [9.17, 15) is 14.0 Å². The number of hydrogen-bond donors (Lipinski definition) is 2. The maximum Gasteiger partial charge on any atom is 0.407 e. The Kier molecular flexibility index (Phi) is 5.68. The van der Waals surface area contributed by atoms with Crippen LogP contribution in [0.5, 0.6) is 0 Å². The molecular formula is C17H17FN2O3. The summed E-state index contributed by atoms with van der Waals surface area (Å²) >= 11 is 0. The molecule has 0 unspecified atom stereocenters. The smallest absolute Gasteiger partial charge is 0.407 e. The fourth-order valence-corrected chi connectivity index (χ4v) is 1.84. The molecule has 2 aromatic rings. The maximum absolute atomic E-state index is 13.6. The van der Waals surface area contributed by atoms with E-state index in [1.54, 1.807) is 13.0 Å². The third-order valence-electron chi connectivity index (χ3n) is 3.00. The molecule has 0 aromatic heterocycles. The highest BCUT2D eigenvalue weighted by Gasteiger charge is 2.09. The summed E-state index contributed by atoms with van der Waals surface area (Å²) in [6, 6.07) is 13.6. The van der Waals surface area contributed by atoms with Gasteiger partial charge in [0.1, 0.15) is 19.0 Å². The number of aryl methyl sites for hydroxylation is 1. The van der Waals surface area contributed by atoms with Crippen LogP contribution < -0.4 is 10.6 Å². The Morgan fingerprint density at radius 3 is 2.57 bits per heavy atom. The van der Waals surface area contributed by atoms with Crippen LogP contribution in [0, 0.1) is 12.7 Å². The summed E-state index contributed by atoms with van der Waals surface area (Å²) in [7, 11) is 0. The Hall–Kier alpha value is -2.89. The lowest BCUT2D eigenvalue weighted by molar-refractivity contribution is -0.115. The first-order valence-corrected chi connectivity index (χ1v) is 7.05. The van der Waals surface area contributed by atoms with Crippen molar-refractivity contribution in [2.24, 2.45) is 0 Å². The van der Waals surface area contributed by atoms with Gasteiger partial charge in [0.2, 0.25) is 5.91 Å². The quantitative estimate of drug-likeness (QED) is 0.891. The minimum absolute atomic E-state index is 0.0695. The summed E-state index contributed by atoms with van der Waals surface area (Å²) in [5.41, 5.74) is 1.66. The average molecular weight is 316 g/mol. The predicted molar refractivity (Wildman–Crippen MR) is 84.4 cm³/mol. The summed E-state index contributed by atoms with van der Waals surface area (Å²) in [5, 5.41) is 4.69. The van der Waals surface area contributed by atoms with Crippen LogP contribution in [-0.2, 0) is 16.1 Å². The number of benzene rings is 2. The van der Waals surface area contributed by atoms with Crippen LogP contribution in [-0.4, -0.2) is 18.5 Å². The first-order valence-electron chi connectivity index (χ1n) is 7.05. The van der Waals surface area contributed by atoms with E-state index in [4.69, 9.17) is 4.74 Å². The Morgan fingerprint density at radius 1 is 1.13 bits per heavy atom. The fourth-order valence-electron chi connectivity index (χ4n) is 1.84. The molecule has 2 amide bonds. The highest BCUT2D eigenvalue weighted by Crippen LogP contribution is 2.14. The van der Waals surface area contributed by atoms with E-state index in [0.29, 0.717) is 0 Å². The van der Waals surface area contributed by atoms with E-state index in [0.717, 1.165) is 11.1 Å². The number of nitrogens with one attached hydrogen (secondary N) is 2. The molecular weight excluding hydrogens is 299 g/mol. The van der Waals surface area contributed by atoms with E-state index >= 15 is 0 Å². The van der Waals surface area contributed by atoms with E-state index in [2.05, 4.69) is 10.6 Å². The molecule has 0 spiro atoms. The molecule has 0 heterocycles. The topological polar surface area (TPSA) is 67.4 Å². The second-order valence-corrected chi connectivity index (χ2v) is 4.95. The predicted octanol–water partition coefficient (Wildman–Crippen LogP) is 3.00. The van der Waals surface area contributed by atoms with E-state index < -0.39 is 17.8 Å². The maximum atomic E-state index is 13.6. The van der Waals surface area contributed by atoms with Crippen LogP contribution in [0.4, 0.5) is 14.9 Å². The minimum atomic E-state index is -0.714. The SMILES string of the molecule is Cc1ccc(NC(=O)CNC(=O)OCc2ccccc2)c(F)c1. The van der Waals surface area contributed by atoms with Gasteiger partial charge in [-0.05, 0) is 30.2 Å². The van der Waals surface area contributed by atoms with Crippen molar-refractivity contribution >= 4 is 17.7 Å². The average Bonchev–Trinajstić information content (AvgIpc) is 2.54. The summed E-state index contributed by atoms with van der Waals surface area (Å²) in [6.07, 6.45) is -0.714. The third-order valence-corrected chi connectivity index (χ3v) is 3.00. The highest BCUT2D eigenvalue weighted by atomic mass is 19.1. The number of halogens is 1. The Morgan fingerprint density at radius 2 is 1.87 bits per heavy atom. The van der Waals surface area contributed by atoms with Crippen molar-refractivity contribution in [3.05, 3.63) is 65.5 Å². The van der Waals surface area contributed by atoms with Gasteiger partial charge in [-0.2, -0.15) is 0 Å².